The molecule has 2 N–H and O–H groups in total. The van der Waals surface area contributed by atoms with E-state index in [0.717, 1.165) is 11.1 Å². The summed E-state index contributed by atoms with van der Waals surface area (Å²) in [5.74, 6) is -0.935. The number of sulfone groups is 1. The molecule has 0 aliphatic rings. The Balaban J connectivity index is 0.00000560. The molecule has 0 spiro atoms. The van der Waals surface area contributed by atoms with Gasteiger partial charge in [0.25, 0.3) is 5.91 Å². The Morgan fingerprint density at radius 2 is 1.62 bits per heavy atom. The highest BCUT2D eigenvalue weighted by Gasteiger charge is 2.20. The lowest BCUT2D eigenvalue weighted by molar-refractivity contribution is -0.143. The highest BCUT2D eigenvalue weighted by atomic mass is 35.5. The number of hydrogen-bond acceptors (Lipinski definition) is 7. The largest absolute Gasteiger partial charge is 0.465 e. The van der Waals surface area contributed by atoms with Crippen LogP contribution in [-0.2, 0) is 25.8 Å². The third-order valence-corrected chi connectivity index (χ3v) is 8.12. The van der Waals surface area contributed by atoms with Crippen molar-refractivity contribution in [1.82, 2.24) is 10.2 Å². The van der Waals surface area contributed by atoms with E-state index in [1.807, 2.05) is 13.0 Å². The average Bonchev–Trinajstić information content (AvgIpc) is 2.91. The van der Waals surface area contributed by atoms with Gasteiger partial charge in [0, 0.05) is 30.2 Å². The summed E-state index contributed by atoms with van der Waals surface area (Å²) < 4.78 is 31.1. The summed E-state index contributed by atoms with van der Waals surface area (Å²) in [6, 6.07) is 19.4. The number of halogens is 2. The fourth-order valence-corrected chi connectivity index (χ4v) is 5.44. The van der Waals surface area contributed by atoms with Crippen LogP contribution in [-0.4, -0.2) is 63.1 Å². The highest BCUT2D eigenvalue weighted by molar-refractivity contribution is 7.91. The van der Waals surface area contributed by atoms with E-state index in [1.165, 1.54) is 36.2 Å². The molecule has 0 unspecified atom stereocenters. The van der Waals surface area contributed by atoms with Crippen LogP contribution in [0, 0.1) is 0 Å². The molecule has 3 aromatic rings. The molecule has 0 saturated heterocycles. The monoisotopic (exact) mass is 608 g/mol. The average molecular weight is 610 g/mol. The molecule has 40 heavy (non-hydrogen) atoms. The van der Waals surface area contributed by atoms with Crippen LogP contribution in [0.4, 0.5) is 0 Å². The number of aliphatic hydroxyl groups is 1. The van der Waals surface area contributed by atoms with Gasteiger partial charge in [-0.05, 0) is 79.9 Å². The molecule has 2 atom stereocenters. The predicted octanol–water partition coefficient (Wildman–Crippen LogP) is 4.48. The SMILES string of the molecule is CCOC(=O)CN(C)C(=O)c1ccc(S(=O)(=O)c2ccc(C[C@@H](C)NC[C@H](O)c3cccc(Cl)c3)cc2)cc1.Cl. The number of ether oxygens (including phenoxy) is 1. The second kappa shape index (κ2) is 15.2. The van der Waals surface area contributed by atoms with Crippen molar-refractivity contribution in [2.24, 2.45) is 0 Å². The van der Waals surface area contributed by atoms with Crippen molar-refractivity contribution in [3.63, 3.8) is 0 Å². The van der Waals surface area contributed by atoms with E-state index in [9.17, 15) is 23.1 Å². The molecule has 8 nitrogen and oxygen atoms in total. The van der Waals surface area contributed by atoms with Crippen molar-refractivity contribution < 1.29 is 27.9 Å². The summed E-state index contributed by atoms with van der Waals surface area (Å²) in [7, 11) is -2.31. The minimum Gasteiger partial charge on any atom is -0.465 e. The lowest BCUT2D eigenvalue weighted by atomic mass is 10.1. The minimum atomic E-state index is -3.79. The van der Waals surface area contributed by atoms with E-state index in [4.69, 9.17) is 16.3 Å². The van der Waals surface area contributed by atoms with E-state index in [0.29, 0.717) is 18.0 Å². The molecule has 0 saturated carbocycles. The number of nitrogens with zero attached hydrogens (tertiary/aromatic N) is 1. The molecule has 0 bridgehead atoms. The molecule has 11 heteroatoms. The van der Waals surface area contributed by atoms with Crippen molar-refractivity contribution >= 4 is 45.7 Å². The number of benzene rings is 3. The standard InChI is InChI=1S/C29H33ClN2O6S.ClH/c1-4-38-28(34)19-32(3)29(35)22-10-14-26(15-11-22)39(36,37)25-12-8-21(9-13-25)16-20(2)31-18-27(33)23-6-5-7-24(30)17-23;/h5-15,17,20,27,31,33H,4,16,18-19H2,1-3H3;1H/t20-,27+;/m1./s1. The Kier molecular flexibility index (Phi) is 12.6. The maximum Gasteiger partial charge on any atom is 0.325 e. The van der Waals surface area contributed by atoms with Gasteiger partial charge in [0.05, 0.1) is 22.5 Å². The maximum absolute atomic E-state index is 13.1. The fraction of sp³-hybridized carbons (Fsp3) is 0.310. The van der Waals surface area contributed by atoms with Gasteiger partial charge in [-0.3, -0.25) is 9.59 Å². The zero-order valence-electron chi connectivity index (χ0n) is 22.5. The van der Waals surface area contributed by atoms with Crippen molar-refractivity contribution in [1.29, 1.82) is 0 Å². The summed E-state index contributed by atoms with van der Waals surface area (Å²) in [5, 5.41) is 14.3. The third kappa shape index (κ3) is 9.04. The summed E-state index contributed by atoms with van der Waals surface area (Å²) in [4.78, 5) is 25.6. The van der Waals surface area contributed by atoms with E-state index in [-0.39, 0.29) is 47.0 Å². The van der Waals surface area contributed by atoms with Gasteiger partial charge in [0.1, 0.15) is 6.54 Å². The first kappa shape index (κ1) is 33.3. The van der Waals surface area contributed by atoms with Gasteiger partial charge in [-0.25, -0.2) is 8.42 Å². The number of carbonyl (C=O) groups is 2. The number of aliphatic hydroxyl groups excluding tert-OH is 1. The third-order valence-electron chi connectivity index (χ3n) is 6.10. The number of esters is 1. The van der Waals surface area contributed by atoms with Crippen LogP contribution in [0.1, 0.15) is 41.4 Å². The first-order valence-corrected chi connectivity index (χ1v) is 14.4. The first-order valence-electron chi connectivity index (χ1n) is 12.5. The molecule has 0 aliphatic heterocycles. The van der Waals surface area contributed by atoms with Crippen LogP contribution in [0.15, 0.2) is 82.6 Å². The zero-order valence-corrected chi connectivity index (χ0v) is 24.9. The molecule has 0 heterocycles. The van der Waals surface area contributed by atoms with E-state index in [1.54, 1.807) is 49.4 Å². The van der Waals surface area contributed by atoms with Gasteiger partial charge in [0.2, 0.25) is 9.84 Å². The van der Waals surface area contributed by atoms with Crippen LogP contribution in [0.5, 0.6) is 0 Å². The molecule has 3 aromatic carbocycles. The van der Waals surface area contributed by atoms with Gasteiger partial charge < -0.3 is 20.1 Å². The lowest BCUT2D eigenvalue weighted by Crippen LogP contribution is -2.33. The Morgan fingerprint density at radius 1 is 1.02 bits per heavy atom. The van der Waals surface area contributed by atoms with Crippen molar-refractivity contribution in [2.75, 3.05) is 26.7 Å². The summed E-state index contributed by atoms with van der Waals surface area (Å²) in [6.07, 6.45) is -0.0584. The van der Waals surface area contributed by atoms with Gasteiger partial charge >= 0.3 is 5.97 Å². The maximum atomic E-state index is 13.1. The summed E-state index contributed by atoms with van der Waals surface area (Å²) >= 11 is 5.99. The van der Waals surface area contributed by atoms with Crippen molar-refractivity contribution in [3.8, 4) is 0 Å². The number of nitrogens with one attached hydrogen (secondary N) is 1. The molecule has 0 radical (unpaired) electrons. The number of amides is 1. The van der Waals surface area contributed by atoms with Crippen LogP contribution < -0.4 is 5.32 Å². The topological polar surface area (TPSA) is 113 Å². The van der Waals surface area contributed by atoms with Gasteiger partial charge in [-0.2, -0.15) is 0 Å². The first-order chi connectivity index (χ1) is 18.5. The fourth-order valence-electron chi connectivity index (χ4n) is 3.98. The summed E-state index contributed by atoms with van der Waals surface area (Å²) in [5.41, 5.74) is 1.94. The van der Waals surface area contributed by atoms with Crippen LogP contribution in [0.2, 0.25) is 5.02 Å². The summed E-state index contributed by atoms with van der Waals surface area (Å²) in [6.45, 7) is 4.05. The second-order valence-electron chi connectivity index (χ2n) is 9.22. The van der Waals surface area contributed by atoms with Gasteiger partial charge in [0.15, 0.2) is 0 Å². The Labute approximate surface area is 246 Å². The Hall–Kier alpha value is -2.95. The molecule has 3 rings (SSSR count). The van der Waals surface area contributed by atoms with Gasteiger partial charge in [-0.1, -0.05) is 35.9 Å². The van der Waals surface area contributed by atoms with E-state index >= 15 is 0 Å². The highest BCUT2D eigenvalue weighted by Crippen LogP contribution is 2.23. The van der Waals surface area contributed by atoms with E-state index < -0.39 is 27.8 Å². The molecule has 216 valence electrons. The van der Waals surface area contributed by atoms with E-state index in [2.05, 4.69) is 5.32 Å². The van der Waals surface area contributed by atoms with Crippen LogP contribution in [0.25, 0.3) is 0 Å². The second-order valence-corrected chi connectivity index (χ2v) is 11.6. The van der Waals surface area contributed by atoms with Crippen molar-refractivity contribution in [3.05, 3.63) is 94.5 Å². The normalized spacial score (nSPS) is 12.6. The minimum absolute atomic E-state index is 0. The van der Waals surface area contributed by atoms with Gasteiger partial charge in [-0.15, -0.1) is 12.4 Å². The zero-order chi connectivity index (χ0) is 28.6. The molecular weight excluding hydrogens is 575 g/mol. The quantitative estimate of drug-likeness (QED) is 0.291. The number of hydrogen-bond donors (Lipinski definition) is 2. The van der Waals surface area contributed by atoms with Crippen LogP contribution >= 0.6 is 24.0 Å². The van der Waals surface area contributed by atoms with Crippen LogP contribution in [0.3, 0.4) is 0 Å². The smallest absolute Gasteiger partial charge is 0.325 e. The predicted molar refractivity (Wildman–Crippen MR) is 157 cm³/mol. The molecule has 0 fully saturated rings. The Morgan fingerprint density at radius 3 is 2.20 bits per heavy atom. The molecule has 1 amide bonds. The molecular formula is C29H34Cl2N2O6S. The number of rotatable bonds is 12. The molecule has 0 aromatic heterocycles. The molecule has 0 aliphatic carbocycles. The lowest BCUT2D eigenvalue weighted by Gasteiger charge is -2.18. The number of likely N-dealkylation sites (N-methyl/N-ethyl adjacent to an activating group) is 1. The Bertz CT molecular complexity index is 1380. The van der Waals surface area contributed by atoms with Crippen molar-refractivity contribution in [2.45, 2.75) is 42.2 Å². The number of carbonyl (C=O) groups excluding carboxylic acids is 2.